The number of carbonyl (C=O) groups excluding carboxylic acids is 1. The molecule has 12 heteroatoms. The van der Waals surface area contributed by atoms with Crippen molar-refractivity contribution in [2.24, 2.45) is 7.05 Å². The molecule has 3 aromatic heterocycles. The van der Waals surface area contributed by atoms with E-state index in [0.717, 1.165) is 17.0 Å². The van der Waals surface area contributed by atoms with E-state index in [1.54, 1.807) is 17.8 Å². The topological polar surface area (TPSA) is 111 Å². The van der Waals surface area contributed by atoms with Gasteiger partial charge in [0.05, 0.1) is 33.2 Å². The van der Waals surface area contributed by atoms with E-state index < -0.39 is 15.9 Å². The molecule has 2 N–H and O–H groups in total. The molecule has 27 heavy (non-hydrogen) atoms. The van der Waals surface area contributed by atoms with Crippen LogP contribution in [0.4, 0.5) is 11.4 Å². The molecule has 0 atom stereocenters. The third-order valence-electron chi connectivity index (χ3n) is 3.90. The number of anilines is 2. The highest BCUT2D eigenvalue weighted by atomic mass is 79.9. The van der Waals surface area contributed by atoms with Crippen molar-refractivity contribution in [3.63, 3.8) is 0 Å². The average molecular weight is 473 g/mol. The number of sulfonamides is 1. The first kappa shape index (κ1) is 19.6. The number of hydrogen-bond donors (Lipinski definition) is 2. The fourth-order valence-corrected chi connectivity index (χ4v) is 5.44. The van der Waals surface area contributed by atoms with Crippen molar-refractivity contribution in [1.29, 1.82) is 0 Å². The van der Waals surface area contributed by atoms with Crippen molar-refractivity contribution in [3.05, 3.63) is 39.7 Å². The van der Waals surface area contributed by atoms with Gasteiger partial charge in [-0.2, -0.15) is 10.2 Å². The number of amides is 1. The van der Waals surface area contributed by atoms with Crippen molar-refractivity contribution in [2.45, 2.75) is 24.6 Å². The number of aryl methyl sites for hydroxylation is 2. The predicted octanol–water partition coefficient (Wildman–Crippen LogP) is 2.82. The lowest BCUT2D eigenvalue weighted by atomic mass is 10.3. The summed E-state index contributed by atoms with van der Waals surface area (Å²) in [6, 6.07) is 3.13. The van der Waals surface area contributed by atoms with E-state index in [9.17, 15) is 13.2 Å². The number of nitrogens with one attached hydrogen (secondary N) is 2. The Bertz CT molecular complexity index is 1100. The zero-order chi connectivity index (χ0) is 19.8. The minimum atomic E-state index is -3.83. The van der Waals surface area contributed by atoms with E-state index in [0.29, 0.717) is 16.0 Å². The van der Waals surface area contributed by atoms with Crippen molar-refractivity contribution in [3.8, 4) is 0 Å². The Morgan fingerprint density at radius 3 is 2.52 bits per heavy atom. The van der Waals surface area contributed by atoms with Gasteiger partial charge in [0.15, 0.2) is 5.69 Å². The molecule has 0 saturated carbocycles. The van der Waals surface area contributed by atoms with E-state index in [1.165, 1.54) is 23.1 Å². The molecule has 0 fully saturated rings. The molecule has 0 aliphatic carbocycles. The maximum Gasteiger partial charge on any atom is 0.276 e. The SMILES string of the molecule is CCn1ncc(NS(=O)(=O)c2ccc(Br)s2)c1C(=O)Nc1cnn(C)c1C. The Morgan fingerprint density at radius 1 is 1.26 bits per heavy atom. The molecule has 1 amide bonds. The monoisotopic (exact) mass is 472 g/mol. The molecule has 0 aliphatic heterocycles. The molecule has 0 spiro atoms. The number of nitrogens with zero attached hydrogens (tertiary/aromatic N) is 4. The molecule has 3 heterocycles. The van der Waals surface area contributed by atoms with Gasteiger partial charge in [0.25, 0.3) is 15.9 Å². The molecule has 0 radical (unpaired) electrons. The van der Waals surface area contributed by atoms with Crippen LogP contribution in [-0.4, -0.2) is 33.9 Å². The fraction of sp³-hybridized carbons (Fsp3) is 0.267. The molecule has 0 saturated heterocycles. The van der Waals surface area contributed by atoms with E-state index >= 15 is 0 Å². The summed E-state index contributed by atoms with van der Waals surface area (Å²) in [5.74, 6) is -0.476. The summed E-state index contributed by atoms with van der Waals surface area (Å²) in [5, 5.41) is 10.9. The van der Waals surface area contributed by atoms with Crippen LogP contribution >= 0.6 is 27.3 Å². The van der Waals surface area contributed by atoms with Gasteiger partial charge in [0, 0.05) is 13.6 Å². The second kappa shape index (κ2) is 7.44. The molecule has 0 bridgehead atoms. The molecule has 3 rings (SSSR count). The summed E-state index contributed by atoms with van der Waals surface area (Å²) in [5.41, 5.74) is 1.55. The number of carbonyl (C=O) groups is 1. The van der Waals surface area contributed by atoms with Crippen molar-refractivity contribution in [1.82, 2.24) is 19.6 Å². The number of rotatable bonds is 6. The zero-order valence-electron chi connectivity index (χ0n) is 14.7. The first-order valence-corrected chi connectivity index (χ1v) is 11.0. The summed E-state index contributed by atoms with van der Waals surface area (Å²) >= 11 is 4.32. The summed E-state index contributed by atoms with van der Waals surface area (Å²) < 4.78 is 31.5. The minimum Gasteiger partial charge on any atom is -0.318 e. The third kappa shape index (κ3) is 3.92. The molecule has 0 aromatic carbocycles. The molecule has 0 unspecified atom stereocenters. The Hall–Kier alpha value is -2.18. The largest absolute Gasteiger partial charge is 0.318 e. The summed E-state index contributed by atoms with van der Waals surface area (Å²) in [7, 11) is -2.07. The first-order valence-electron chi connectivity index (χ1n) is 7.87. The molecule has 9 nitrogen and oxygen atoms in total. The normalized spacial score (nSPS) is 11.6. The second-order valence-electron chi connectivity index (χ2n) is 5.61. The van der Waals surface area contributed by atoms with Gasteiger partial charge < -0.3 is 5.32 Å². The van der Waals surface area contributed by atoms with Crippen LogP contribution in [0.1, 0.15) is 23.1 Å². The van der Waals surface area contributed by atoms with Crippen LogP contribution in [0.5, 0.6) is 0 Å². The summed E-state index contributed by atoms with van der Waals surface area (Å²) in [6.45, 7) is 4.03. The van der Waals surface area contributed by atoms with Gasteiger partial charge in [-0.15, -0.1) is 11.3 Å². The van der Waals surface area contributed by atoms with Crippen LogP contribution in [0.2, 0.25) is 0 Å². The number of thiophene rings is 1. The Labute approximate surface area is 168 Å². The first-order chi connectivity index (χ1) is 12.7. The van der Waals surface area contributed by atoms with Crippen LogP contribution < -0.4 is 10.0 Å². The average Bonchev–Trinajstić information content (AvgIpc) is 3.30. The molecule has 0 aliphatic rings. The van der Waals surface area contributed by atoms with Gasteiger partial charge in [0.1, 0.15) is 4.21 Å². The van der Waals surface area contributed by atoms with E-state index in [1.807, 2.05) is 13.8 Å². The highest BCUT2D eigenvalue weighted by molar-refractivity contribution is 9.11. The van der Waals surface area contributed by atoms with Crippen LogP contribution in [-0.2, 0) is 23.6 Å². The molecule has 144 valence electrons. The Morgan fingerprint density at radius 2 is 1.96 bits per heavy atom. The highest BCUT2D eigenvalue weighted by Crippen LogP contribution is 2.29. The molecular formula is C15H17BrN6O3S2. The molecular weight excluding hydrogens is 456 g/mol. The quantitative estimate of drug-likeness (QED) is 0.572. The molecule has 3 aromatic rings. The standard InChI is InChI=1S/C15H17BrN6O3S2/c1-4-22-14(15(23)19-10-7-17-21(3)9(10)2)11(8-18-22)20-27(24,25)13-6-5-12(16)26-13/h5-8,20H,4H2,1-3H3,(H,19,23). The predicted molar refractivity (Wildman–Crippen MR) is 107 cm³/mol. The second-order valence-corrected chi connectivity index (χ2v) is 9.98. The van der Waals surface area contributed by atoms with Gasteiger partial charge in [-0.1, -0.05) is 0 Å². The van der Waals surface area contributed by atoms with Gasteiger partial charge in [-0.3, -0.25) is 18.9 Å². The smallest absolute Gasteiger partial charge is 0.276 e. The Balaban J connectivity index is 1.93. The van der Waals surface area contributed by atoms with E-state index in [4.69, 9.17) is 0 Å². The van der Waals surface area contributed by atoms with E-state index in [2.05, 4.69) is 36.2 Å². The number of aromatic nitrogens is 4. The highest BCUT2D eigenvalue weighted by Gasteiger charge is 2.24. The van der Waals surface area contributed by atoms with E-state index in [-0.39, 0.29) is 15.6 Å². The lowest BCUT2D eigenvalue weighted by molar-refractivity contribution is 0.101. The van der Waals surface area contributed by atoms with Crippen LogP contribution in [0.15, 0.2) is 32.5 Å². The maximum absolute atomic E-state index is 12.8. The van der Waals surface area contributed by atoms with Crippen LogP contribution in [0, 0.1) is 6.92 Å². The fourth-order valence-electron chi connectivity index (χ4n) is 2.38. The number of halogens is 1. The van der Waals surface area contributed by atoms with Gasteiger partial charge in [-0.25, -0.2) is 8.42 Å². The lowest BCUT2D eigenvalue weighted by Gasteiger charge is -2.10. The number of hydrogen-bond acceptors (Lipinski definition) is 6. The minimum absolute atomic E-state index is 0.111. The van der Waals surface area contributed by atoms with Gasteiger partial charge in [-0.05, 0) is 41.9 Å². The zero-order valence-corrected chi connectivity index (χ0v) is 17.9. The van der Waals surface area contributed by atoms with Crippen LogP contribution in [0.3, 0.4) is 0 Å². The van der Waals surface area contributed by atoms with Crippen molar-refractivity contribution in [2.75, 3.05) is 10.0 Å². The van der Waals surface area contributed by atoms with Gasteiger partial charge >= 0.3 is 0 Å². The van der Waals surface area contributed by atoms with Gasteiger partial charge in [0.2, 0.25) is 0 Å². The summed E-state index contributed by atoms with van der Waals surface area (Å²) in [6.07, 6.45) is 2.86. The summed E-state index contributed by atoms with van der Waals surface area (Å²) in [4.78, 5) is 12.8. The van der Waals surface area contributed by atoms with Crippen LogP contribution in [0.25, 0.3) is 0 Å². The van der Waals surface area contributed by atoms with Crippen molar-refractivity contribution < 1.29 is 13.2 Å². The van der Waals surface area contributed by atoms with Crippen molar-refractivity contribution >= 4 is 54.6 Å². The lowest BCUT2D eigenvalue weighted by Crippen LogP contribution is -2.21. The maximum atomic E-state index is 12.8. The third-order valence-corrected chi connectivity index (χ3v) is 7.38. The Kier molecular flexibility index (Phi) is 5.40.